The summed E-state index contributed by atoms with van der Waals surface area (Å²) in [5.74, 6) is -2.24. The number of carboxylic acids is 2. The maximum Gasteiger partial charge on any atom is 0.335 e. The van der Waals surface area contributed by atoms with Gasteiger partial charge >= 0.3 is 11.9 Å². The molecule has 2 aromatic rings. The van der Waals surface area contributed by atoms with Crippen molar-refractivity contribution in [3.8, 4) is 0 Å². The molecule has 0 atom stereocenters. The molecule has 0 spiro atoms. The Balaban J connectivity index is 1.98. The molecule has 120 valence electrons. The Morgan fingerprint density at radius 3 is 1.25 bits per heavy atom. The van der Waals surface area contributed by atoms with Crippen LogP contribution in [0.1, 0.15) is 31.8 Å². The predicted molar refractivity (Wildman–Crippen MR) is 89.9 cm³/mol. The summed E-state index contributed by atoms with van der Waals surface area (Å²) in [7, 11) is 0. The number of aromatic carboxylic acids is 2. The largest absolute Gasteiger partial charge is 0.478 e. The molecule has 0 saturated heterocycles. The highest BCUT2D eigenvalue weighted by Crippen LogP contribution is 2.08. The van der Waals surface area contributed by atoms with Gasteiger partial charge < -0.3 is 10.2 Å². The van der Waals surface area contributed by atoms with Crippen molar-refractivity contribution in [1.82, 2.24) is 0 Å². The maximum atomic E-state index is 11.8. The fourth-order valence-corrected chi connectivity index (χ4v) is 1.89. The second kappa shape index (κ2) is 7.69. The summed E-state index contributed by atoms with van der Waals surface area (Å²) in [6, 6.07) is 12.3. The van der Waals surface area contributed by atoms with Gasteiger partial charge in [-0.3, -0.25) is 4.79 Å². The lowest BCUT2D eigenvalue weighted by atomic mass is 10.1. The number of hydrogen-bond donors (Lipinski definition) is 2. The minimum absolute atomic E-state index is 0.184. The van der Waals surface area contributed by atoms with Crippen LogP contribution in [0.3, 0.4) is 0 Å². The lowest BCUT2D eigenvalue weighted by Gasteiger charge is -1.96. The maximum absolute atomic E-state index is 11.8. The minimum Gasteiger partial charge on any atom is -0.478 e. The Labute approximate surface area is 138 Å². The van der Waals surface area contributed by atoms with Crippen LogP contribution >= 0.6 is 0 Å². The van der Waals surface area contributed by atoms with E-state index in [1.54, 1.807) is 36.4 Å². The molecule has 0 bridgehead atoms. The molecule has 0 saturated carbocycles. The van der Waals surface area contributed by atoms with Gasteiger partial charge in [-0.15, -0.1) is 0 Å². The van der Waals surface area contributed by atoms with E-state index in [-0.39, 0.29) is 16.9 Å². The zero-order valence-electron chi connectivity index (χ0n) is 12.5. The quantitative estimate of drug-likeness (QED) is 0.796. The smallest absolute Gasteiger partial charge is 0.335 e. The number of ketones is 1. The van der Waals surface area contributed by atoms with Crippen LogP contribution in [0.25, 0.3) is 12.2 Å². The van der Waals surface area contributed by atoms with Crippen LogP contribution in [0, 0.1) is 0 Å². The molecule has 24 heavy (non-hydrogen) atoms. The van der Waals surface area contributed by atoms with Crippen molar-refractivity contribution in [2.75, 3.05) is 0 Å². The van der Waals surface area contributed by atoms with Crippen LogP contribution in [0.2, 0.25) is 0 Å². The Morgan fingerprint density at radius 1 is 0.625 bits per heavy atom. The molecule has 0 heterocycles. The Morgan fingerprint density at radius 2 is 0.958 bits per heavy atom. The van der Waals surface area contributed by atoms with Crippen molar-refractivity contribution in [3.63, 3.8) is 0 Å². The normalized spacial score (nSPS) is 11.0. The SMILES string of the molecule is O=C(/C=C\c1ccc(C(=O)O)cc1)/C=C/c1ccc(C(=O)O)cc1. The molecule has 0 fully saturated rings. The first-order chi connectivity index (χ1) is 11.5. The summed E-state index contributed by atoms with van der Waals surface area (Å²) in [6.45, 7) is 0. The van der Waals surface area contributed by atoms with Gasteiger partial charge in [0.25, 0.3) is 0 Å². The van der Waals surface area contributed by atoms with Gasteiger partial charge in [-0.1, -0.05) is 36.4 Å². The van der Waals surface area contributed by atoms with Gasteiger partial charge in [-0.05, 0) is 47.5 Å². The second-order valence-electron chi connectivity index (χ2n) is 4.92. The fourth-order valence-electron chi connectivity index (χ4n) is 1.89. The van der Waals surface area contributed by atoms with Gasteiger partial charge in [0.2, 0.25) is 0 Å². The van der Waals surface area contributed by atoms with Crippen molar-refractivity contribution in [1.29, 1.82) is 0 Å². The van der Waals surface area contributed by atoms with Gasteiger partial charge in [0.05, 0.1) is 11.1 Å². The average molecular weight is 322 g/mol. The zero-order valence-corrected chi connectivity index (χ0v) is 12.5. The lowest BCUT2D eigenvalue weighted by Crippen LogP contribution is -1.95. The molecular formula is C19H14O5. The molecular weight excluding hydrogens is 308 g/mol. The highest BCUT2D eigenvalue weighted by atomic mass is 16.4. The van der Waals surface area contributed by atoms with E-state index >= 15 is 0 Å². The van der Waals surface area contributed by atoms with Gasteiger partial charge in [-0.2, -0.15) is 0 Å². The molecule has 5 nitrogen and oxygen atoms in total. The molecule has 2 N–H and O–H groups in total. The summed E-state index contributed by atoms with van der Waals surface area (Å²) in [4.78, 5) is 33.3. The lowest BCUT2D eigenvalue weighted by molar-refractivity contribution is -0.110. The summed E-state index contributed by atoms with van der Waals surface area (Å²) in [6.07, 6.45) is 5.92. The van der Waals surface area contributed by atoms with Gasteiger partial charge in [0.1, 0.15) is 0 Å². The average Bonchev–Trinajstić information content (AvgIpc) is 2.58. The second-order valence-corrected chi connectivity index (χ2v) is 4.92. The number of allylic oxidation sites excluding steroid dienone is 2. The van der Waals surface area contributed by atoms with E-state index in [1.165, 1.54) is 36.4 Å². The van der Waals surface area contributed by atoms with Gasteiger partial charge in [-0.25, -0.2) is 9.59 Å². The standard InChI is InChI=1S/C19H14O5/c20-17(11-5-13-1-7-15(8-2-13)18(21)22)12-6-14-3-9-16(10-4-14)19(23)24/h1-12H,(H,21,22)(H,23,24)/b11-5-,12-6+. The molecule has 0 aliphatic rings. The third-order valence-electron chi connectivity index (χ3n) is 3.20. The van der Waals surface area contributed by atoms with Gasteiger partial charge in [0, 0.05) is 0 Å². The first-order valence-electron chi connectivity index (χ1n) is 7.02. The minimum atomic E-state index is -1.00. The van der Waals surface area contributed by atoms with E-state index in [4.69, 9.17) is 10.2 Å². The molecule has 0 amide bonds. The summed E-state index contributed by atoms with van der Waals surface area (Å²) in [5, 5.41) is 17.6. The van der Waals surface area contributed by atoms with E-state index in [0.717, 1.165) is 0 Å². The van der Waals surface area contributed by atoms with Crippen LogP contribution in [0.4, 0.5) is 0 Å². The van der Waals surface area contributed by atoms with Crippen LogP contribution in [0.15, 0.2) is 60.7 Å². The van der Waals surface area contributed by atoms with E-state index < -0.39 is 11.9 Å². The van der Waals surface area contributed by atoms with E-state index in [1.807, 2.05) is 0 Å². The van der Waals surface area contributed by atoms with E-state index in [0.29, 0.717) is 11.1 Å². The molecule has 0 radical (unpaired) electrons. The highest BCUT2D eigenvalue weighted by molar-refractivity contribution is 6.04. The zero-order chi connectivity index (χ0) is 17.5. The number of rotatable bonds is 6. The molecule has 0 aromatic heterocycles. The summed E-state index contributed by atoms with van der Waals surface area (Å²) < 4.78 is 0. The van der Waals surface area contributed by atoms with Gasteiger partial charge in [0.15, 0.2) is 5.78 Å². The topological polar surface area (TPSA) is 91.7 Å². The summed E-state index contributed by atoms with van der Waals surface area (Å²) in [5.41, 5.74) is 1.80. The van der Waals surface area contributed by atoms with E-state index in [9.17, 15) is 14.4 Å². The molecule has 2 rings (SSSR count). The number of benzene rings is 2. The first-order valence-corrected chi connectivity index (χ1v) is 7.02. The Hall–Kier alpha value is -3.47. The Bertz CT molecular complexity index is 742. The number of carbonyl (C=O) groups excluding carboxylic acids is 1. The number of carbonyl (C=O) groups is 3. The van der Waals surface area contributed by atoms with Crippen molar-refractivity contribution in [3.05, 3.63) is 82.9 Å². The van der Waals surface area contributed by atoms with Crippen LogP contribution in [-0.2, 0) is 4.79 Å². The van der Waals surface area contributed by atoms with Crippen molar-refractivity contribution < 1.29 is 24.6 Å². The molecule has 0 aliphatic carbocycles. The highest BCUT2D eigenvalue weighted by Gasteiger charge is 2.01. The van der Waals surface area contributed by atoms with Crippen molar-refractivity contribution in [2.45, 2.75) is 0 Å². The number of carboxylic acid groups (broad SMARTS) is 2. The third-order valence-corrected chi connectivity index (χ3v) is 3.20. The molecule has 0 unspecified atom stereocenters. The fraction of sp³-hybridized carbons (Fsp3) is 0. The van der Waals surface area contributed by atoms with Crippen molar-refractivity contribution >= 4 is 29.9 Å². The number of hydrogen-bond acceptors (Lipinski definition) is 3. The third kappa shape index (κ3) is 4.78. The van der Waals surface area contributed by atoms with Crippen LogP contribution in [0.5, 0.6) is 0 Å². The van der Waals surface area contributed by atoms with Crippen LogP contribution < -0.4 is 0 Å². The van der Waals surface area contributed by atoms with Crippen molar-refractivity contribution in [2.24, 2.45) is 0 Å². The Kier molecular flexibility index (Phi) is 5.41. The monoisotopic (exact) mass is 322 g/mol. The van der Waals surface area contributed by atoms with E-state index in [2.05, 4.69) is 0 Å². The molecule has 0 aliphatic heterocycles. The predicted octanol–water partition coefficient (Wildman–Crippen LogP) is 3.38. The molecule has 2 aromatic carbocycles. The van der Waals surface area contributed by atoms with Crippen LogP contribution in [-0.4, -0.2) is 27.9 Å². The molecule has 5 heteroatoms. The summed E-state index contributed by atoms with van der Waals surface area (Å²) >= 11 is 0. The first kappa shape index (κ1) is 16.9.